The van der Waals surface area contributed by atoms with Crippen molar-refractivity contribution in [3.05, 3.63) is 6.92 Å². The highest BCUT2D eigenvalue weighted by Crippen LogP contribution is 1.93. The number of hydrogen-bond donors (Lipinski definition) is 0. The third-order valence-electron chi connectivity index (χ3n) is 0.634. The van der Waals surface area contributed by atoms with E-state index in [9.17, 15) is 0 Å². The van der Waals surface area contributed by atoms with E-state index >= 15 is 0 Å². The Bertz CT molecular complexity index is 41.2. The molecule has 1 heteroatoms. The minimum Gasteiger partial charge on any atom is -0.0834 e. The van der Waals surface area contributed by atoms with Gasteiger partial charge in [0.1, 0.15) is 0 Å². The van der Waals surface area contributed by atoms with E-state index in [0.717, 1.165) is 6.42 Å². The molecular weight excluding hydrogens is 92.1 g/mol. The van der Waals surface area contributed by atoms with Crippen molar-refractivity contribution < 1.29 is 0 Å². The SMILES string of the molecule is [CH2]CC(C)[C]=S. The van der Waals surface area contributed by atoms with Crippen molar-refractivity contribution in [2.24, 2.45) is 5.92 Å². The molecular formula is C5H8S. The summed E-state index contributed by atoms with van der Waals surface area (Å²) in [6.07, 6.45) is 0.865. The zero-order chi connectivity index (χ0) is 4.99. The molecule has 0 spiro atoms. The van der Waals surface area contributed by atoms with Gasteiger partial charge in [-0.1, -0.05) is 26.1 Å². The van der Waals surface area contributed by atoms with Crippen LogP contribution in [0.3, 0.4) is 0 Å². The standard InChI is InChI=1S/C5H8S/c1-3-5(2)4-6/h5H,1,3H2,2H3. The monoisotopic (exact) mass is 100 g/mol. The summed E-state index contributed by atoms with van der Waals surface area (Å²) in [5, 5.41) is 2.64. The molecule has 0 aliphatic rings. The average molecular weight is 100 g/mol. The first-order valence-electron chi connectivity index (χ1n) is 1.98. The molecule has 0 nitrogen and oxygen atoms in total. The first-order valence-corrected chi connectivity index (χ1v) is 2.39. The minimum absolute atomic E-state index is 0.389. The lowest BCUT2D eigenvalue weighted by molar-refractivity contribution is 0.815. The van der Waals surface area contributed by atoms with Crippen molar-refractivity contribution in [2.45, 2.75) is 13.3 Å². The number of hydrogen-bond acceptors (Lipinski definition) is 1. The third kappa shape index (κ3) is 2.33. The highest BCUT2D eigenvalue weighted by Gasteiger charge is 1.87. The Morgan fingerprint density at radius 2 is 2.50 bits per heavy atom. The van der Waals surface area contributed by atoms with Crippen molar-refractivity contribution in [3.63, 3.8) is 0 Å². The van der Waals surface area contributed by atoms with Crippen LogP contribution in [0.5, 0.6) is 0 Å². The molecule has 0 N–H and O–H groups in total. The van der Waals surface area contributed by atoms with E-state index in [4.69, 9.17) is 0 Å². The molecule has 34 valence electrons. The van der Waals surface area contributed by atoms with Crippen LogP contribution in [0.4, 0.5) is 0 Å². The smallest absolute Gasteiger partial charge is 0.0322 e. The molecule has 0 aromatic heterocycles. The van der Waals surface area contributed by atoms with Gasteiger partial charge in [0.05, 0.1) is 0 Å². The summed E-state index contributed by atoms with van der Waals surface area (Å²) in [5.41, 5.74) is 0. The molecule has 0 heterocycles. The second kappa shape index (κ2) is 3.29. The molecule has 0 fully saturated rings. The van der Waals surface area contributed by atoms with E-state index in [1.54, 1.807) is 0 Å². The molecule has 1 unspecified atom stereocenters. The minimum atomic E-state index is 0.389. The molecule has 0 aromatic carbocycles. The van der Waals surface area contributed by atoms with Crippen molar-refractivity contribution in [1.29, 1.82) is 0 Å². The maximum atomic E-state index is 4.48. The topological polar surface area (TPSA) is 0 Å². The van der Waals surface area contributed by atoms with Gasteiger partial charge in [0, 0.05) is 5.37 Å². The Hall–Kier alpha value is 0.0900. The molecule has 2 radical (unpaired) electrons. The predicted molar refractivity (Wildman–Crippen MR) is 31.7 cm³/mol. The lowest BCUT2D eigenvalue weighted by atomic mass is 10.2. The Kier molecular flexibility index (Phi) is 3.34. The summed E-state index contributed by atoms with van der Waals surface area (Å²) in [6.45, 7) is 5.63. The van der Waals surface area contributed by atoms with Crippen LogP contribution in [-0.2, 0) is 0 Å². The van der Waals surface area contributed by atoms with Gasteiger partial charge < -0.3 is 0 Å². The fourth-order valence-corrected chi connectivity index (χ4v) is 0.177. The summed E-state index contributed by atoms with van der Waals surface area (Å²) < 4.78 is 0. The van der Waals surface area contributed by atoms with Gasteiger partial charge in [-0.15, -0.1) is 0 Å². The lowest BCUT2D eigenvalue weighted by Gasteiger charge is -1.91. The third-order valence-corrected chi connectivity index (χ3v) is 1.04. The highest BCUT2D eigenvalue weighted by atomic mass is 32.1. The van der Waals surface area contributed by atoms with E-state index in [0.29, 0.717) is 5.92 Å². The summed E-state index contributed by atoms with van der Waals surface area (Å²) in [5.74, 6) is 0.389. The van der Waals surface area contributed by atoms with Gasteiger partial charge in [0.25, 0.3) is 0 Å². The van der Waals surface area contributed by atoms with Crippen molar-refractivity contribution in [1.82, 2.24) is 0 Å². The second-order valence-electron chi connectivity index (χ2n) is 1.31. The second-order valence-corrected chi connectivity index (χ2v) is 1.54. The summed E-state index contributed by atoms with van der Waals surface area (Å²) in [6, 6.07) is 0. The average Bonchev–Trinajstić information content (AvgIpc) is 1.65. The summed E-state index contributed by atoms with van der Waals surface area (Å²) in [4.78, 5) is 0. The quantitative estimate of drug-likeness (QED) is 0.476. The van der Waals surface area contributed by atoms with Crippen LogP contribution in [0, 0.1) is 12.8 Å². The van der Waals surface area contributed by atoms with E-state index < -0.39 is 0 Å². The van der Waals surface area contributed by atoms with Crippen LogP contribution in [0.1, 0.15) is 13.3 Å². The summed E-state index contributed by atoms with van der Waals surface area (Å²) in [7, 11) is 0. The molecule has 0 saturated heterocycles. The molecule has 0 aliphatic heterocycles. The molecule has 6 heavy (non-hydrogen) atoms. The van der Waals surface area contributed by atoms with Gasteiger partial charge >= 0.3 is 0 Å². The van der Waals surface area contributed by atoms with Crippen LogP contribution in [0.15, 0.2) is 0 Å². The largest absolute Gasteiger partial charge is 0.0834 e. The molecule has 1 atom stereocenters. The van der Waals surface area contributed by atoms with Crippen molar-refractivity contribution in [3.8, 4) is 0 Å². The summed E-state index contributed by atoms with van der Waals surface area (Å²) >= 11 is 4.48. The van der Waals surface area contributed by atoms with E-state index in [1.807, 2.05) is 6.92 Å². The molecule has 0 rings (SSSR count). The molecule has 0 aromatic rings. The van der Waals surface area contributed by atoms with Gasteiger partial charge in [0.2, 0.25) is 0 Å². The number of rotatable bonds is 2. The van der Waals surface area contributed by atoms with Crippen molar-refractivity contribution >= 4 is 17.6 Å². The van der Waals surface area contributed by atoms with E-state index in [-0.39, 0.29) is 0 Å². The van der Waals surface area contributed by atoms with Gasteiger partial charge in [0.15, 0.2) is 0 Å². The van der Waals surface area contributed by atoms with Gasteiger partial charge in [-0.05, 0) is 12.3 Å². The lowest BCUT2D eigenvalue weighted by Crippen LogP contribution is -1.87. The Morgan fingerprint density at radius 3 is 2.50 bits per heavy atom. The van der Waals surface area contributed by atoms with Crippen LogP contribution < -0.4 is 0 Å². The van der Waals surface area contributed by atoms with Crippen LogP contribution >= 0.6 is 12.2 Å². The van der Waals surface area contributed by atoms with Gasteiger partial charge in [-0.3, -0.25) is 0 Å². The zero-order valence-electron chi connectivity index (χ0n) is 3.90. The van der Waals surface area contributed by atoms with Crippen LogP contribution in [0.25, 0.3) is 0 Å². The highest BCUT2D eigenvalue weighted by molar-refractivity contribution is 7.79. The first-order chi connectivity index (χ1) is 2.81. The Balaban J connectivity index is 2.96. The molecule has 0 amide bonds. The Morgan fingerprint density at radius 1 is 2.00 bits per heavy atom. The normalized spacial score (nSPS) is 13.7. The first kappa shape index (κ1) is 6.09. The molecule has 0 bridgehead atoms. The fourth-order valence-electron chi connectivity index (χ4n) is 0.0589. The zero-order valence-corrected chi connectivity index (χ0v) is 4.72. The van der Waals surface area contributed by atoms with Crippen molar-refractivity contribution in [2.75, 3.05) is 0 Å². The fraction of sp³-hybridized carbons (Fsp3) is 0.600. The number of thiocarbonyl (C=S) groups is 1. The van der Waals surface area contributed by atoms with Crippen LogP contribution in [-0.4, -0.2) is 5.37 Å². The van der Waals surface area contributed by atoms with E-state index in [1.165, 1.54) is 0 Å². The van der Waals surface area contributed by atoms with Gasteiger partial charge in [-0.2, -0.15) is 0 Å². The molecule has 0 aliphatic carbocycles. The molecule has 0 saturated carbocycles. The van der Waals surface area contributed by atoms with Crippen LogP contribution in [0.2, 0.25) is 0 Å². The van der Waals surface area contributed by atoms with Gasteiger partial charge in [-0.25, -0.2) is 0 Å². The maximum Gasteiger partial charge on any atom is 0.0322 e. The predicted octanol–water partition coefficient (Wildman–Crippen LogP) is 1.72. The maximum absolute atomic E-state index is 4.48. The Labute approximate surface area is 44.6 Å². The van der Waals surface area contributed by atoms with E-state index in [2.05, 4.69) is 24.5 Å².